The van der Waals surface area contributed by atoms with Crippen LogP contribution in [0, 0.1) is 17.8 Å². The predicted octanol–water partition coefficient (Wildman–Crippen LogP) is -5.76. The predicted molar refractivity (Wildman–Crippen MR) is 201 cm³/mol. The Bertz CT molecular complexity index is 1370. The quantitative estimate of drug-likeness (QED) is 0.0247. The van der Waals surface area contributed by atoms with Crippen LogP contribution in [0.1, 0.15) is 68.2 Å². The van der Waals surface area contributed by atoms with Gasteiger partial charge in [-0.05, 0) is 44.4 Å². The van der Waals surface area contributed by atoms with Gasteiger partial charge in [0.25, 0.3) is 0 Å². The van der Waals surface area contributed by atoms with Gasteiger partial charge < -0.3 is 70.4 Å². The van der Waals surface area contributed by atoms with Gasteiger partial charge in [0.05, 0.1) is 19.3 Å². The van der Waals surface area contributed by atoms with Gasteiger partial charge in [-0.1, -0.05) is 41.5 Å². The highest BCUT2D eigenvalue weighted by Crippen LogP contribution is 2.08. The molecule has 0 radical (unpaired) electrons. The maximum absolute atomic E-state index is 13.5. The van der Waals surface area contributed by atoms with E-state index in [9.17, 15) is 48.6 Å². The molecule has 0 aliphatic carbocycles. The van der Waals surface area contributed by atoms with Crippen molar-refractivity contribution in [2.45, 2.75) is 117 Å². The number of aliphatic imine (C=N–C) groups is 1. The van der Waals surface area contributed by atoms with Crippen LogP contribution in [0.25, 0.3) is 0 Å². The first kappa shape index (κ1) is 49.9. The van der Waals surface area contributed by atoms with Crippen LogP contribution in [0.15, 0.2) is 4.99 Å². The Labute approximate surface area is 320 Å². The molecule has 0 spiro atoms. The van der Waals surface area contributed by atoms with Crippen LogP contribution in [0.2, 0.25) is 0 Å². The van der Waals surface area contributed by atoms with E-state index in [2.05, 4.69) is 42.2 Å². The van der Waals surface area contributed by atoms with Crippen molar-refractivity contribution in [1.29, 1.82) is 0 Å². The summed E-state index contributed by atoms with van der Waals surface area (Å²) in [6.07, 6.45) is 0.0855. The van der Waals surface area contributed by atoms with Crippen LogP contribution in [0.4, 0.5) is 0 Å². The summed E-state index contributed by atoms with van der Waals surface area (Å²) in [7, 11) is 0. The van der Waals surface area contributed by atoms with E-state index in [4.69, 9.17) is 22.9 Å². The summed E-state index contributed by atoms with van der Waals surface area (Å²) < 4.78 is 0. The minimum atomic E-state index is -1.62. The zero-order chi connectivity index (χ0) is 42.7. The average Bonchev–Trinajstić information content (AvgIpc) is 3.09. The molecule has 0 aliphatic heterocycles. The fraction of sp³-hybridized carbons (Fsp3) is 0.727. The number of guanidine groups is 1. The third-order valence-electron chi connectivity index (χ3n) is 8.26. The molecule has 0 heterocycles. The number of aliphatic hydroxyl groups excluding tert-OH is 2. The lowest BCUT2D eigenvalue weighted by Crippen LogP contribution is -2.61. The highest BCUT2D eigenvalue weighted by molar-refractivity contribution is 5.97. The Balaban J connectivity index is 5.79. The molecule has 8 amide bonds. The molecule has 0 aliphatic rings. The number of carbonyl (C=O) groups excluding carboxylic acids is 8. The lowest BCUT2D eigenvalue weighted by atomic mass is 10.00. The van der Waals surface area contributed by atoms with Gasteiger partial charge in [-0.3, -0.25) is 43.3 Å². The van der Waals surface area contributed by atoms with Crippen molar-refractivity contribution in [2.75, 3.05) is 19.8 Å². The molecule has 0 saturated heterocycles. The van der Waals surface area contributed by atoms with E-state index >= 15 is 0 Å². The molecule has 55 heavy (non-hydrogen) atoms. The van der Waals surface area contributed by atoms with E-state index in [1.54, 1.807) is 41.5 Å². The molecule has 0 aromatic rings. The number of nitrogens with one attached hydrogen (secondary N) is 7. The third kappa shape index (κ3) is 17.7. The van der Waals surface area contributed by atoms with Gasteiger partial charge in [0.1, 0.15) is 42.3 Å². The number of amides is 8. The van der Waals surface area contributed by atoms with Crippen molar-refractivity contribution < 1.29 is 48.6 Å². The average molecular weight is 787 g/mol. The minimum absolute atomic E-state index is 0.0577. The lowest BCUT2D eigenvalue weighted by molar-refractivity contribution is -0.136. The fourth-order valence-electron chi connectivity index (χ4n) is 4.65. The lowest BCUT2D eigenvalue weighted by Gasteiger charge is -2.28. The van der Waals surface area contributed by atoms with Gasteiger partial charge in [0.15, 0.2) is 5.96 Å². The highest BCUT2D eigenvalue weighted by atomic mass is 16.3. The highest BCUT2D eigenvalue weighted by Gasteiger charge is 2.34. The van der Waals surface area contributed by atoms with Crippen molar-refractivity contribution in [3.05, 3.63) is 0 Å². The van der Waals surface area contributed by atoms with Crippen molar-refractivity contribution in [1.82, 2.24) is 37.2 Å². The summed E-state index contributed by atoms with van der Waals surface area (Å²) >= 11 is 0. The van der Waals surface area contributed by atoms with Crippen LogP contribution < -0.4 is 60.2 Å². The number of aliphatic hydroxyl groups is 2. The van der Waals surface area contributed by atoms with Gasteiger partial charge in [0.2, 0.25) is 47.3 Å². The normalized spacial score (nSPS) is 15.5. The molecule has 17 N–H and O–H groups in total. The van der Waals surface area contributed by atoms with Crippen molar-refractivity contribution in [3.63, 3.8) is 0 Å². The first-order chi connectivity index (χ1) is 25.5. The summed E-state index contributed by atoms with van der Waals surface area (Å²) in [5.41, 5.74) is 21.7. The molecule has 0 unspecified atom stereocenters. The van der Waals surface area contributed by atoms with Crippen molar-refractivity contribution >= 4 is 53.2 Å². The molecule has 0 saturated carbocycles. The fourth-order valence-corrected chi connectivity index (χ4v) is 4.65. The van der Waals surface area contributed by atoms with E-state index in [0.29, 0.717) is 0 Å². The van der Waals surface area contributed by atoms with Gasteiger partial charge in [0, 0.05) is 6.54 Å². The van der Waals surface area contributed by atoms with Crippen LogP contribution >= 0.6 is 0 Å². The van der Waals surface area contributed by atoms with Gasteiger partial charge in [-0.25, -0.2) is 0 Å². The summed E-state index contributed by atoms with van der Waals surface area (Å²) in [6, 6.07) is -9.91. The maximum Gasteiger partial charge on any atom is 0.245 e. The van der Waals surface area contributed by atoms with Crippen LogP contribution in [0.5, 0.6) is 0 Å². The maximum atomic E-state index is 13.5. The topological polar surface area (TPSA) is 378 Å². The van der Waals surface area contributed by atoms with E-state index in [-0.39, 0.29) is 37.2 Å². The number of nitrogens with zero attached hydrogens (tertiary/aromatic N) is 1. The second-order valence-electron chi connectivity index (χ2n) is 14.1. The second kappa shape index (κ2) is 24.3. The Morgan fingerprint density at radius 1 is 0.509 bits per heavy atom. The Hall–Kier alpha value is -5.09. The number of hydrogen-bond acceptors (Lipinski definition) is 12. The molecule has 314 valence electrons. The summed E-state index contributed by atoms with van der Waals surface area (Å²) in [6.45, 7) is 11.2. The van der Waals surface area contributed by atoms with Gasteiger partial charge in [-0.15, -0.1) is 0 Å². The van der Waals surface area contributed by atoms with E-state index in [0.717, 1.165) is 0 Å². The van der Waals surface area contributed by atoms with Crippen LogP contribution in [-0.2, 0) is 38.4 Å². The van der Waals surface area contributed by atoms with E-state index < -0.39 is 115 Å². The number of carbonyl (C=O) groups is 8. The number of rotatable bonds is 24. The molecular formula is C33H62N12O10. The summed E-state index contributed by atoms with van der Waals surface area (Å²) in [4.78, 5) is 106. The second-order valence-corrected chi connectivity index (χ2v) is 14.1. The Kier molecular flexibility index (Phi) is 22.1. The SMILES string of the molecule is CC(C)[C@H](N)C(=O)N[C@H](C(=O)N[C@@H](C)C(=O)N[C@@H](C)C(=O)N[C@H](C(=O)N[C@@H](CCCN=C(N)N)C(=O)N[C@@H](CO)C(=O)N[C@@H](CO)C(N)=O)C(C)C)C(C)C. The molecule has 0 fully saturated rings. The van der Waals surface area contributed by atoms with Crippen molar-refractivity contribution in [3.8, 4) is 0 Å². The van der Waals surface area contributed by atoms with Crippen LogP contribution in [0.3, 0.4) is 0 Å². The molecular weight excluding hydrogens is 724 g/mol. The summed E-state index contributed by atoms with van der Waals surface area (Å²) in [5, 5.41) is 36.1. The standard InChI is InChI=1S/C33H62N12O10/c1-14(2)22(34)30(53)45-23(15(3)4)31(54)40-17(7)26(49)39-18(8)27(50)44-24(16(5)6)32(55)41-19(10-9-11-38-33(36)37)28(51)43-21(13-47)29(52)42-20(12-46)25(35)48/h14-24,46-47H,9-13,34H2,1-8H3,(H2,35,48)(H,39,49)(H,40,54)(H,41,55)(H,42,52)(H,43,51)(H,44,50)(H,45,53)(H4,36,37,38)/t17-,18-,19-,20-,21-,22-,23-,24-/m0/s1. The first-order valence-corrected chi connectivity index (χ1v) is 17.9. The molecule has 8 atom stereocenters. The van der Waals surface area contributed by atoms with E-state index in [1.807, 2.05) is 0 Å². The monoisotopic (exact) mass is 786 g/mol. The van der Waals surface area contributed by atoms with Gasteiger partial charge in [-0.2, -0.15) is 0 Å². The number of primary amides is 1. The molecule has 0 aromatic heterocycles. The van der Waals surface area contributed by atoms with E-state index in [1.165, 1.54) is 13.8 Å². The van der Waals surface area contributed by atoms with Crippen molar-refractivity contribution in [2.24, 2.45) is 45.7 Å². The molecule has 22 heteroatoms. The minimum Gasteiger partial charge on any atom is -0.394 e. The Morgan fingerprint density at radius 3 is 1.35 bits per heavy atom. The smallest absolute Gasteiger partial charge is 0.245 e. The largest absolute Gasteiger partial charge is 0.394 e. The van der Waals surface area contributed by atoms with Crippen LogP contribution in [-0.4, -0.2) is 132 Å². The van der Waals surface area contributed by atoms with Gasteiger partial charge >= 0.3 is 0 Å². The third-order valence-corrected chi connectivity index (χ3v) is 8.26. The number of hydrogen-bond donors (Lipinski definition) is 13. The summed E-state index contributed by atoms with van der Waals surface area (Å²) in [5.74, 6) is -7.85. The molecule has 22 nitrogen and oxygen atoms in total. The number of nitrogens with two attached hydrogens (primary N) is 4. The first-order valence-electron chi connectivity index (χ1n) is 17.9. The Morgan fingerprint density at radius 2 is 0.909 bits per heavy atom. The molecule has 0 bridgehead atoms. The molecule has 0 aromatic carbocycles. The zero-order valence-electron chi connectivity index (χ0n) is 32.8. The zero-order valence-corrected chi connectivity index (χ0v) is 32.8. The molecule has 0 rings (SSSR count).